The minimum atomic E-state index is -4.19. The Balaban J connectivity index is 2.99. The molecule has 0 saturated heterocycles. The van der Waals surface area contributed by atoms with Gasteiger partial charge in [0, 0.05) is 6.54 Å². The third kappa shape index (κ3) is 3.62. The highest BCUT2D eigenvalue weighted by Crippen LogP contribution is 2.22. The number of rotatable bonds is 5. The highest BCUT2D eigenvalue weighted by atomic mass is 32.2. The number of aliphatic hydroxyl groups is 1. The van der Waals surface area contributed by atoms with E-state index in [0.717, 1.165) is 12.1 Å². The predicted octanol–water partition coefficient (Wildman–Crippen LogP) is 0.842. The maximum absolute atomic E-state index is 13.6. The summed E-state index contributed by atoms with van der Waals surface area (Å²) in [5, 5.41) is 9.50. The standard InChI is InChI=1S/C11H16F2N2O3S/c1-6(2)8(16)5-15-19(17,18)9-4-3-7(12)11(14)10(9)13/h3-4,6,8,15-16H,5,14H2,1-2H3. The van der Waals surface area contributed by atoms with Crippen LogP contribution in [0.4, 0.5) is 14.5 Å². The normalized spacial score (nSPS) is 13.8. The fraction of sp³-hybridized carbons (Fsp3) is 0.455. The van der Waals surface area contributed by atoms with Crippen molar-refractivity contribution < 1.29 is 22.3 Å². The molecule has 0 heterocycles. The van der Waals surface area contributed by atoms with Crippen LogP contribution in [0, 0.1) is 17.6 Å². The van der Waals surface area contributed by atoms with E-state index in [9.17, 15) is 22.3 Å². The maximum Gasteiger partial charge on any atom is 0.243 e. The third-order valence-electron chi connectivity index (χ3n) is 2.63. The number of halogens is 2. The summed E-state index contributed by atoms with van der Waals surface area (Å²) >= 11 is 0. The molecule has 0 spiro atoms. The Morgan fingerprint density at radius 1 is 1.37 bits per heavy atom. The first kappa shape index (κ1) is 15.8. The van der Waals surface area contributed by atoms with Crippen LogP contribution in [-0.4, -0.2) is 26.2 Å². The molecule has 8 heteroatoms. The van der Waals surface area contributed by atoms with Gasteiger partial charge in [-0.2, -0.15) is 0 Å². The second-order valence-corrected chi connectivity index (χ2v) is 6.17. The van der Waals surface area contributed by atoms with Crippen molar-refractivity contribution in [3.63, 3.8) is 0 Å². The molecule has 1 aromatic rings. The molecule has 0 saturated carbocycles. The van der Waals surface area contributed by atoms with E-state index in [1.165, 1.54) is 0 Å². The van der Waals surface area contributed by atoms with E-state index in [2.05, 4.69) is 0 Å². The number of aliphatic hydroxyl groups excluding tert-OH is 1. The molecule has 0 aliphatic carbocycles. The molecule has 108 valence electrons. The van der Waals surface area contributed by atoms with Crippen LogP contribution in [-0.2, 0) is 10.0 Å². The molecule has 4 N–H and O–H groups in total. The topological polar surface area (TPSA) is 92.4 Å². The quantitative estimate of drug-likeness (QED) is 0.702. The first-order valence-electron chi connectivity index (χ1n) is 5.58. The lowest BCUT2D eigenvalue weighted by molar-refractivity contribution is 0.129. The van der Waals surface area contributed by atoms with Crippen molar-refractivity contribution in [1.82, 2.24) is 4.72 Å². The lowest BCUT2D eigenvalue weighted by atomic mass is 10.1. The maximum atomic E-state index is 13.6. The molecule has 0 amide bonds. The number of hydrogen-bond donors (Lipinski definition) is 3. The van der Waals surface area contributed by atoms with Crippen LogP contribution >= 0.6 is 0 Å². The van der Waals surface area contributed by atoms with Gasteiger partial charge < -0.3 is 10.8 Å². The van der Waals surface area contributed by atoms with Crippen LogP contribution in [0.1, 0.15) is 13.8 Å². The zero-order chi connectivity index (χ0) is 14.8. The molecule has 1 aromatic carbocycles. The molecular weight excluding hydrogens is 278 g/mol. The highest BCUT2D eigenvalue weighted by Gasteiger charge is 2.23. The fourth-order valence-corrected chi connectivity index (χ4v) is 2.40. The molecule has 0 aliphatic heterocycles. The summed E-state index contributed by atoms with van der Waals surface area (Å²) < 4.78 is 52.2. The number of nitrogen functional groups attached to an aromatic ring is 1. The summed E-state index contributed by atoms with van der Waals surface area (Å²) in [5.41, 5.74) is 4.24. The molecule has 0 radical (unpaired) electrons. The highest BCUT2D eigenvalue weighted by molar-refractivity contribution is 7.89. The van der Waals surface area contributed by atoms with Gasteiger partial charge in [-0.3, -0.25) is 0 Å². The molecule has 0 aromatic heterocycles. The minimum absolute atomic E-state index is 0.161. The van der Waals surface area contributed by atoms with Gasteiger partial charge in [0.15, 0.2) is 5.82 Å². The third-order valence-corrected chi connectivity index (χ3v) is 4.07. The Hall–Kier alpha value is -1.25. The monoisotopic (exact) mass is 294 g/mol. The van der Waals surface area contributed by atoms with Gasteiger partial charge in [0.05, 0.1) is 6.10 Å². The van der Waals surface area contributed by atoms with E-state index < -0.39 is 38.3 Å². The lowest BCUT2D eigenvalue weighted by Crippen LogP contribution is -2.35. The summed E-state index contributed by atoms with van der Waals surface area (Å²) in [7, 11) is -4.19. The Labute approximate surface area is 110 Å². The molecule has 0 fully saturated rings. The molecule has 19 heavy (non-hydrogen) atoms. The van der Waals surface area contributed by atoms with Crippen molar-refractivity contribution in [2.75, 3.05) is 12.3 Å². The van der Waals surface area contributed by atoms with Crippen molar-refractivity contribution in [2.45, 2.75) is 24.8 Å². The Bertz CT molecular complexity index is 561. The second kappa shape index (κ2) is 5.81. The number of anilines is 1. The van der Waals surface area contributed by atoms with Gasteiger partial charge in [-0.25, -0.2) is 21.9 Å². The Morgan fingerprint density at radius 3 is 2.47 bits per heavy atom. The van der Waals surface area contributed by atoms with Crippen molar-refractivity contribution in [2.24, 2.45) is 5.92 Å². The number of nitrogens with two attached hydrogens (primary N) is 1. The zero-order valence-electron chi connectivity index (χ0n) is 10.5. The van der Waals surface area contributed by atoms with E-state index in [1.807, 2.05) is 4.72 Å². The van der Waals surface area contributed by atoms with E-state index in [-0.39, 0.29) is 12.5 Å². The molecule has 0 aliphatic rings. The summed E-state index contributed by atoms with van der Waals surface area (Å²) in [4.78, 5) is -0.748. The van der Waals surface area contributed by atoms with Crippen LogP contribution in [0.5, 0.6) is 0 Å². The summed E-state index contributed by atoms with van der Waals surface area (Å²) in [6, 6.07) is 1.55. The first-order valence-corrected chi connectivity index (χ1v) is 7.06. The number of nitrogens with one attached hydrogen (secondary N) is 1. The summed E-state index contributed by atoms with van der Waals surface area (Å²) in [6.45, 7) is 3.14. The van der Waals surface area contributed by atoms with E-state index >= 15 is 0 Å². The Morgan fingerprint density at radius 2 is 1.95 bits per heavy atom. The van der Waals surface area contributed by atoms with Gasteiger partial charge in [0.1, 0.15) is 16.4 Å². The number of sulfonamides is 1. The SMILES string of the molecule is CC(C)C(O)CNS(=O)(=O)c1ccc(F)c(N)c1F. The largest absolute Gasteiger partial charge is 0.394 e. The second-order valence-electron chi connectivity index (χ2n) is 4.44. The van der Waals surface area contributed by atoms with Gasteiger partial charge in [0.2, 0.25) is 10.0 Å². The lowest BCUT2D eigenvalue weighted by Gasteiger charge is -2.15. The van der Waals surface area contributed by atoms with Gasteiger partial charge in [-0.05, 0) is 18.1 Å². The first-order chi connectivity index (χ1) is 8.66. The van der Waals surface area contributed by atoms with Crippen LogP contribution in [0.25, 0.3) is 0 Å². The van der Waals surface area contributed by atoms with E-state index in [0.29, 0.717) is 0 Å². The van der Waals surface area contributed by atoms with Crippen molar-refractivity contribution in [3.05, 3.63) is 23.8 Å². The van der Waals surface area contributed by atoms with Gasteiger partial charge >= 0.3 is 0 Å². The average molecular weight is 294 g/mol. The number of hydrogen-bond acceptors (Lipinski definition) is 4. The van der Waals surface area contributed by atoms with Crippen LogP contribution in [0.15, 0.2) is 17.0 Å². The fourth-order valence-electron chi connectivity index (χ4n) is 1.27. The van der Waals surface area contributed by atoms with Gasteiger partial charge in [0.25, 0.3) is 0 Å². The molecule has 0 bridgehead atoms. The van der Waals surface area contributed by atoms with Crippen LogP contribution in [0.3, 0.4) is 0 Å². The Kier molecular flexibility index (Phi) is 4.83. The van der Waals surface area contributed by atoms with Crippen LogP contribution < -0.4 is 10.5 Å². The smallest absolute Gasteiger partial charge is 0.243 e. The van der Waals surface area contributed by atoms with Crippen molar-refractivity contribution >= 4 is 15.7 Å². The minimum Gasteiger partial charge on any atom is -0.394 e. The summed E-state index contributed by atoms with van der Waals surface area (Å²) in [5.74, 6) is -2.53. The number of benzene rings is 1. The van der Waals surface area contributed by atoms with Crippen LogP contribution in [0.2, 0.25) is 0 Å². The van der Waals surface area contributed by atoms with Gasteiger partial charge in [-0.1, -0.05) is 13.8 Å². The molecule has 1 atom stereocenters. The molecular formula is C11H16F2N2O3S. The van der Waals surface area contributed by atoms with E-state index in [4.69, 9.17) is 5.73 Å². The van der Waals surface area contributed by atoms with Gasteiger partial charge in [-0.15, -0.1) is 0 Å². The summed E-state index contributed by atoms with van der Waals surface area (Å²) in [6.07, 6.45) is -0.907. The van der Waals surface area contributed by atoms with E-state index in [1.54, 1.807) is 13.8 Å². The zero-order valence-corrected chi connectivity index (χ0v) is 11.3. The molecule has 1 rings (SSSR count). The molecule has 1 unspecified atom stereocenters. The van der Waals surface area contributed by atoms with Crippen molar-refractivity contribution in [3.8, 4) is 0 Å². The molecule has 5 nitrogen and oxygen atoms in total. The predicted molar refractivity (Wildman–Crippen MR) is 66.8 cm³/mol. The average Bonchev–Trinajstić information content (AvgIpc) is 2.32. The van der Waals surface area contributed by atoms with Crippen molar-refractivity contribution in [1.29, 1.82) is 0 Å².